The lowest BCUT2D eigenvalue weighted by molar-refractivity contribution is -0.156. The van der Waals surface area contributed by atoms with Crippen molar-refractivity contribution in [2.24, 2.45) is 0 Å². The van der Waals surface area contributed by atoms with Gasteiger partial charge >= 0.3 is 11.9 Å². The van der Waals surface area contributed by atoms with Crippen LogP contribution in [0, 0.1) is 34.6 Å². The van der Waals surface area contributed by atoms with Crippen LogP contribution in [-0.2, 0) is 58.4 Å². The Balaban J connectivity index is 1.22. The highest BCUT2D eigenvalue weighted by Gasteiger charge is 2.38. The number of sulfonamides is 2. The van der Waals surface area contributed by atoms with E-state index in [4.69, 9.17) is 24.3 Å². The predicted octanol–water partition coefficient (Wildman–Crippen LogP) is 6.63. The van der Waals surface area contributed by atoms with Crippen molar-refractivity contribution < 1.29 is 50.5 Å². The Bertz CT molecular complexity index is 2440. The normalized spacial score (nSPS) is 15.4. The van der Waals surface area contributed by atoms with Crippen LogP contribution in [0.4, 0.5) is 5.82 Å². The average Bonchev–Trinajstić information content (AvgIpc) is 3.17. The summed E-state index contributed by atoms with van der Waals surface area (Å²) in [4.78, 5) is 42.3. The number of hydrogen-bond acceptors (Lipinski definition) is 11. The first-order valence-corrected chi connectivity index (χ1v) is 24.5. The van der Waals surface area contributed by atoms with Gasteiger partial charge in [0.1, 0.15) is 34.6 Å². The second-order valence-electron chi connectivity index (χ2n) is 18.3. The lowest BCUT2D eigenvalue weighted by Gasteiger charge is -2.36. The molecule has 0 aliphatic carbocycles. The van der Waals surface area contributed by atoms with Gasteiger partial charge in [-0.25, -0.2) is 26.1 Å². The van der Waals surface area contributed by atoms with Crippen LogP contribution in [0.25, 0.3) is 0 Å². The van der Waals surface area contributed by atoms with Gasteiger partial charge in [-0.15, -0.1) is 0 Å². The van der Waals surface area contributed by atoms with E-state index < -0.39 is 49.5 Å². The number of carbonyl (C=O) groups excluding carboxylic acids is 2. The van der Waals surface area contributed by atoms with Crippen molar-refractivity contribution in [2.75, 3.05) is 24.0 Å². The number of amides is 1. The number of unbranched alkanes of at least 4 members (excludes halogenated alkanes) is 1. The third-order valence-electron chi connectivity index (χ3n) is 11.4. The Hall–Kier alpha value is -4.74. The number of aryl methyl sites for hydroxylation is 4. The van der Waals surface area contributed by atoms with E-state index in [1.165, 1.54) is 16.4 Å². The van der Waals surface area contributed by atoms with Gasteiger partial charge in [0.05, 0.1) is 16.4 Å². The number of aromatic nitrogens is 1. The molecule has 3 N–H and O–H groups in total. The molecule has 3 aromatic rings. The maximum atomic E-state index is 14.6. The van der Waals surface area contributed by atoms with Crippen LogP contribution in [0.2, 0.25) is 0 Å². The maximum Gasteiger partial charge on any atom is 0.326 e. The standard InChI is InChI=1S/C46H64N4O11S2/c1-28-25-35(59-24-14-18-39(52)53)26-29(2)41(28)62(55,56)49-37(44(54)61-45(6,7)8)27-47-38(51)17-12-11-16-34-20-19-33-15-13-23-50(43(33)48-34)63(57,58)42-31(4)30(3)40-36(32(42)5)21-22-46(9,10)60-40/h19-20,25-26,37,49H,11-18,21-24,27H2,1-10H3,(H,47,51)(H,52,53). The number of rotatable bonds is 18. The molecule has 1 aromatic heterocycles. The largest absolute Gasteiger partial charge is 0.494 e. The van der Waals surface area contributed by atoms with Crippen molar-refractivity contribution in [2.45, 2.75) is 160 Å². The summed E-state index contributed by atoms with van der Waals surface area (Å²) >= 11 is 0. The van der Waals surface area contributed by atoms with E-state index in [0.29, 0.717) is 77.5 Å². The number of hydrogen-bond donors (Lipinski definition) is 3. The lowest BCUT2D eigenvalue weighted by atomic mass is 9.88. The molecule has 0 saturated carbocycles. The monoisotopic (exact) mass is 912 g/mol. The summed E-state index contributed by atoms with van der Waals surface area (Å²) in [7, 11) is -8.29. The van der Waals surface area contributed by atoms with Crippen LogP contribution in [0.5, 0.6) is 11.5 Å². The van der Waals surface area contributed by atoms with E-state index in [2.05, 4.69) is 10.0 Å². The van der Waals surface area contributed by atoms with Crippen LogP contribution in [0.1, 0.15) is 124 Å². The van der Waals surface area contributed by atoms with Crippen LogP contribution >= 0.6 is 0 Å². The average molecular weight is 913 g/mol. The molecule has 346 valence electrons. The summed E-state index contributed by atoms with van der Waals surface area (Å²) in [5.74, 6) is -0.606. The van der Waals surface area contributed by atoms with E-state index in [0.717, 1.165) is 40.8 Å². The third-order valence-corrected chi connectivity index (χ3v) is 15.2. The minimum Gasteiger partial charge on any atom is -0.494 e. The van der Waals surface area contributed by atoms with Crippen LogP contribution in [-0.4, -0.2) is 81.7 Å². The number of ether oxygens (including phenoxy) is 3. The second kappa shape index (κ2) is 19.6. The smallest absolute Gasteiger partial charge is 0.326 e. The van der Waals surface area contributed by atoms with Crippen molar-refractivity contribution in [1.82, 2.24) is 15.0 Å². The molecule has 2 aliphatic heterocycles. The van der Waals surface area contributed by atoms with Crippen molar-refractivity contribution in [3.63, 3.8) is 0 Å². The molecule has 0 bridgehead atoms. The number of aliphatic carboxylic acids is 1. The van der Waals surface area contributed by atoms with Gasteiger partial charge in [0.2, 0.25) is 15.9 Å². The Morgan fingerprint density at radius 1 is 0.921 bits per heavy atom. The summed E-state index contributed by atoms with van der Waals surface area (Å²) < 4.78 is 78.1. The SMILES string of the molecule is Cc1cc(OCCCC(=O)O)cc(C)c1S(=O)(=O)NC(CNC(=O)CCCCc1ccc2c(n1)N(S(=O)(=O)c1c(C)c(C)c3c(c1C)CCC(C)(C)O3)CCC2)C(=O)OC(C)(C)C. The number of carboxylic acid groups (broad SMARTS) is 1. The molecule has 0 radical (unpaired) electrons. The van der Waals surface area contributed by atoms with Crippen LogP contribution < -0.4 is 23.8 Å². The minimum atomic E-state index is -4.31. The molecule has 1 unspecified atom stereocenters. The number of esters is 1. The molecule has 2 aliphatic rings. The molecule has 15 nitrogen and oxygen atoms in total. The first kappa shape index (κ1) is 49.3. The zero-order chi connectivity index (χ0) is 46.7. The maximum absolute atomic E-state index is 14.6. The summed E-state index contributed by atoms with van der Waals surface area (Å²) in [6, 6.07) is 5.45. The Morgan fingerprint density at radius 2 is 1.60 bits per heavy atom. The third kappa shape index (κ3) is 12.1. The van der Waals surface area contributed by atoms with Gasteiger partial charge in [0.15, 0.2) is 0 Å². The minimum absolute atomic E-state index is 0.0602. The first-order chi connectivity index (χ1) is 29.3. The topological polar surface area (TPSA) is 208 Å². The molecule has 2 aromatic carbocycles. The molecule has 0 spiro atoms. The van der Waals surface area contributed by atoms with E-state index >= 15 is 0 Å². The van der Waals surface area contributed by atoms with E-state index in [9.17, 15) is 31.2 Å². The van der Waals surface area contributed by atoms with Gasteiger partial charge in [-0.1, -0.05) is 6.07 Å². The number of pyridine rings is 1. The molecule has 1 amide bonds. The van der Waals surface area contributed by atoms with Crippen LogP contribution in [0.15, 0.2) is 34.1 Å². The highest BCUT2D eigenvalue weighted by Crippen LogP contribution is 2.44. The highest BCUT2D eigenvalue weighted by molar-refractivity contribution is 7.93. The molecule has 5 rings (SSSR count). The number of anilines is 1. The van der Waals surface area contributed by atoms with Gasteiger partial charge in [-0.2, -0.15) is 4.72 Å². The summed E-state index contributed by atoms with van der Waals surface area (Å²) in [5.41, 5.74) is 4.15. The number of carboxylic acids is 1. The van der Waals surface area contributed by atoms with Gasteiger partial charge in [-0.05, 0) is 178 Å². The predicted molar refractivity (Wildman–Crippen MR) is 240 cm³/mol. The molecule has 17 heteroatoms. The molecule has 63 heavy (non-hydrogen) atoms. The second-order valence-corrected chi connectivity index (χ2v) is 21.7. The summed E-state index contributed by atoms with van der Waals surface area (Å²) in [6.45, 7) is 18.0. The zero-order valence-electron chi connectivity index (χ0n) is 38.3. The summed E-state index contributed by atoms with van der Waals surface area (Å²) in [6.07, 6.45) is 4.68. The quantitative estimate of drug-likeness (QED) is 0.0908. The molecule has 0 fully saturated rings. The summed E-state index contributed by atoms with van der Waals surface area (Å²) in [5, 5.41) is 11.6. The van der Waals surface area contributed by atoms with E-state index in [1.54, 1.807) is 34.6 Å². The zero-order valence-corrected chi connectivity index (χ0v) is 40.0. The molecule has 3 heterocycles. The Morgan fingerprint density at radius 3 is 2.25 bits per heavy atom. The van der Waals surface area contributed by atoms with Crippen molar-refractivity contribution >= 4 is 43.7 Å². The van der Waals surface area contributed by atoms with Gasteiger partial charge in [0.25, 0.3) is 10.0 Å². The molecule has 1 atom stereocenters. The number of nitrogens with one attached hydrogen (secondary N) is 2. The molecular formula is C46H64N4O11S2. The Kier molecular flexibility index (Phi) is 15.3. The van der Waals surface area contributed by atoms with E-state index in [1.807, 2.05) is 46.8 Å². The molecular weight excluding hydrogens is 849 g/mol. The Labute approximate surface area is 372 Å². The fourth-order valence-electron chi connectivity index (χ4n) is 8.18. The fourth-order valence-corrected chi connectivity index (χ4v) is 11.8. The number of nitrogens with zero attached hydrogens (tertiary/aromatic N) is 2. The van der Waals surface area contributed by atoms with Gasteiger partial charge in [-0.3, -0.25) is 14.4 Å². The fraction of sp³-hybridized carbons (Fsp3) is 0.565. The lowest BCUT2D eigenvalue weighted by Crippen LogP contribution is -2.50. The number of benzene rings is 2. The first-order valence-electron chi connectivity index (χ1n) is 21.6. The molecule has 0 saturated heterocycles. The highest BCUT2D eigenvalue weighted by atomic mass is 32.2. The van der Waals surface area contributed by atoms with Gasteiger partial charge in [0, 0.05) is 31.6 Å². The number of fused-ring (bicyclic) bond motifs is 2. The van der Waals surface area contributed by atoms with Crippen molar-refractivity contribution in [1.29, 1.82) is 0 Å². The van der Waals surface area contributed by atoms with Crippen molar-refractivity contribution in [3.05, 3.63) is 68.9 Å². The number of carbonyl (C=O) groups is 3. The van der Waals surface area contributed by atoms with Crippen LogP contribution in [0.3, 0.4) is 0 Å². The van der Waals surface area contributed by atoms with Crippen molar-refractivity contribution in [3.8, 4) is 11.5 Å². The van der Waals surface area contributed by atoms with E-state index in [-0.39, 0.29) is 42.9 Å². The van der Waals surface area contributed by atoms with Gasteiger partial charge < -0.3 is 24.6 Å².